The minimum atomic E-state index is -4.44. The quantitative estimate of drug-likeness (QED) is 0.536. The zero-order valence-corrected chi connectivity index (χ0v) is 16.6. The van der Waals surface area contributed by atoms with E-state index >= 15 is 0 Å². The van der Waals surface area contributed by atoms with Crippen LogP contribution in [-0.4, -0.2) is 43.8 Å². The number of nitrogens with one attached hydrogen (secondary N) is 1. The highest BCUT2D eigenvalue weighted by atomic mass is 32.2. The maximum atomic E-state index is 12.7. The summed E-state index contributed by atoms with van der Waals surface area (Å²) in [5, 5.41) is 0. The average molecular weight is 432 g/mol. The molecule has 1 aromatic heterocycles. The molecule has 1 N–H and O–H groups in total. The van der Waals surface area contributed by atoms with Gasteiger partial charge in [0.2, 0.25) is 15.8 Å². The molecule has 2 aromatic rings. The summed E-state index contributed by atoms with van der Waals surface area (Å²) in [5.74, 6) is -1.52. The van der Waals surface area contributed by atoms with E-state index < -0.39 is 41.1 Å². The first-order valence-corrected chi connectivity index (χ1v) is 10.2. The van der Waals surface area contributed by atoms with Crippen LogP contribution in [0.2, 0.25) is 0 Å². The number of sulfonamides is 1. The van der Waals surface area contributed by atoms with E-state index in [1.165, 1.54) is 44.2 Å². The third kappa shape index (κ3) is 6.34. The van der Waals surface area contributed by atoms with E-state index in [0.29, 0.717) is 0 Å². The minimum absolute atomic E-state index is 0.00833. The third-order valence-corrected chi connectivity index (χ3v) is 4.55. The van der Waals surface area contributed by atoms with Crippen LogP contribution in [0.3, 0.4) is 0 Å². The van der Waals surface area contributed by atoms with Gasteiger partial charge in [-0.25, -0.2) is 13.2 Å². The summed E-state index contributed by atoms with van der Waals surface area (Å²) in [6.45, 7) is 0.937. The molecule has 1 aromatic carbocycles. The van der Waals surface area contributed by atoms with Gasteiger partial charge in [-0.05, 0) is 38.1 Å². The molecule has 158 valence electrons. The topological polar surface area (TPSA) is 94.5 Å². The second-order valence-electron chi connectivity index (χ2n) is 6.44. The molecule has 0 saturated heterocycles. The van der Waals surface area contributed by atoms with Crippen molar-refractivity contribution in [2.75, 3.05) is 17.6 Å². The monoisotopic (exact) mass is 432 g/mol. The second kappa shape index (κ2) is 8.27. The molecule has 0 fully saturated rings. The number of halogens is 3. The molecule has 0 aliphatic rings. The molecule has 0 spiro atoms. The molecule has 29 heavy (non-hydrogen) atoms. The Morgan fingerprint density at radius 3 is 2.41 bits per heavy atom. The third-order valence-electron chi connectivity index (χ3n) is 3.95. The molecule has 0 aliphatic heterocycles. The van der Waals surface area contributed by atoms with Crippen molar-refractivity contribution < 1.29 is 35.9 Å². The van der Waals surface area contributed by atoms with Crippen molar-refractivity contribution in [3.05, 3.63) is 52.8 Å². The minimum Gasteiger partial charge on any atom is -0.454 e. The highest BCUT2D eigenvalue weighted by Crippen LogP contribution is 2.23. The highest BCUT2D eigenvalue weighted by molar-refractivity contribution is 7.92. The number of aryl methyl sites for hydroxylation is 1. The predicted octanol–water partition coefficient (Wildman–Crippen LogP) is 3.08. The van der Waals surface area contributed by atoms with Crippen LogP contribution in [0.5, 0.6) is 0 Å². The van der Waals surface area contributed by atoms with Gasteiger partial charge in [0.15, 0.2) is 6.61 Å². The van der Waals surface area contributed by atoms with Crippen molar-refractivity contribution in [1.29, 1.82) is 0 Å². The molecule has 0 atom stereocenters. The number of carbonyl (C=O) groups is 2. The fraction of sp³-hybridized carbons (Fsp3) is 0.333. The first-order chi connectivity index (χ1) is 13.3. The lowest BCUT2D eigenvalue weighted by atomic mass is 10.1. The lowest BCUT2D eigenvalue weighted by Gasteiger charge is -2.12. The number of alkyl halides is 3. The van der Waals surface area contributed by atoms with Crippen molar-refractivity contribution in [3.63, 3.8) is 0 Å². The number of nitrogens with zero attached hydrogens (tertiary/aromatic N) is 1. The summed E-state index contributed by atoms with van der Waals surface area (Å²) in [6.07, 6.45) is -3.49. The molecule has 11 heteroatoms. The van der Waals surface area contributed by atoms with Crippen LogP contribution in [0.4, 0.5) is 18.9 Å². The fourth-order valence-corrected chi connectivity index (χ4v) is 3.28. The Morgan fingerprint density at radius 1 is 1.17 bits per heavy atom. The Labute approximate surface area is 165 Å². The Hall–Kier alpha value is -2.82. The van der Waals surface area contributed by atoms with Crippen LogP contribution in [0.1, 0.15) is 32.1 Å². The number of carbonyl (C=O) groups excluding carboxylic acids is 2. The van der Waals surface area contributed by atoms with Gasteiger partial charge in [0.25, 0.3) is 0 Å². The molecule has 0 amide bonds. The number of Topliss-reactive ketones (excluding diaryl/α,β-unsaturated/α-hetero) is 1. The lowest BCUT2D eigenvalue weighted by Crippen LogP contribution is -2.20. The molecule has 1 heterocycles. The number of hydrogen-bond acceptors (Lipinski definition) is 5. The average Bonchev–Trinajstić information content (AvgIpc) is 2.85. The maximum Gasteiger partial charge on any atom is 0.406 e. The van der Waals surface area contributed by atoms with Gasteiger partial charge in [0.1, 0.15) is 6.54 Å². The van der Waals surface area contributed by atoms with E-state index in [4.69, 9.17) is 4.74 Å². The van der Waals surface area contributed by atoms with E-state index in [1.807, 2.05) is 0 Å². The van der Waals surface area contributed by atoms with Crippen molar-refractivity contribution in [3.8, 4) is 0 Å². The summed E-state index contributed by atoms with van der Waals surface area (Å²) in [4.78, 5) is 24.5. The van der Waals surface area contributed by atoms with Gasteiger partial charge in [0.05, 0.1) is 11.8 Å². The Kier molecular flexibility index (Phi) is 6.41. The van der Waals surface area contributed by atoms with E-state index in [-0.39, 0.29) is 28.2 Å². The molecule has 0 bridgehead atoms. The zero-order valence-electron chi connectivity index (χ0n) is 15.8. The van der Waals surface area contributed by atoms with Gasteiger partial charge < -0.3 is 9.30 Å². The van der Waals surface area contributed by atoms with Crippen LogP contribution in [0, 0.1) is 13.8 Å². The van der Waals surface area contributed by atoms with E-state index in [0.717, 1.165) is 10.8 Å². The Balaban J connectivity index is 2.09. The van der Waals surface area contributed by atoms with Crippen LogP contribution >= 0.6 is 0 Å². The van der Waals surface area contributed by atoms with Crippen molar-refractivity contribution in [2.24, 2.45) is 0 Å². The molecule has 0 radical (unpaired) electrons. The Morgan fingerprint density at radius 2 is 1.83 bits per heavy atom. The molecule has 7 nitrogen and oxygen atoms in total. The summed E-state index contributed by atoms with van der Waals surface area (Å²) in [7, 11) is -3.54. The number of ether oxygens (including phenoxy) is 1. The van der Waals surface area contributed by atoms with Crippen molar-refractivity contribution in [1.82, 2.24) is 4.57 Å². The van der Waals surface area contributed by atoms with Crippen molar-refractivity contribution in [2.45, 2.75) is 26.6 Å². The highest BCUT2D eigenvalue weighted by Gasteiger charge is 2.30. The fourth-order valence-electron chi connectivity index (χ4n) is 2.72. The molecule has 0 aliphatic carbocycles. The van der Waals surface area contributed by atoms with Crippen LogP contribution in [0.25, 0.3) is 0 Å². The van der Waals surface area contributed by atoms with Crippen molar-refractivity contribution >= 4 is 27.5 Å². The van der Waals surface area contributed by atoms with Crippen LogP contribution in [0.15, 0.2) is 30.3 Å². The van der Waals surface area contributed by atoms with Crippen LogP contribution in [-0.2, 0) is 21.3 Å². The summed E-state index contributed by atoms with van der Waals surface area (Å²) < 4.78 is 68.6. The normalized spacial score (nSPS) is 11.9. The molecular formula is C18H19F3N2O5S. The Bertz CT molecular complexity index is 1040. The molecule has 0 unspecified atom stereocenters. The molecule has 0 saturated carbocycles. The number of rotatable bonds is 7. The summed E-state index contributed by atoms with van der Waals surface area (Å²) in [6, 6.07) is 6.78. The molecular weight excluding hydrogens is 413 g/mol. The number of ketones is 1. The smallest absolute Gasteiger partial charge is 0.406 e. The van der Waals surface area contributed by atoms with Gasteiger partial charge >= 0.3 is 12.1 Å². The largest absolute Gasteiger partial charge is 0.454 e. The van der Waals surface area contributed by atoms with E-state index in [1.54, 1.807) is 0 Å². The lowest BCUT2D eigenvalue weighted by molar-refractivity contribution is -0.141. The first-order valence-electron chi connectivity index (χ1n) is 8.28. The van der Waals surface area contributed by atoms with Gasteiger partial charge in [-0.3, -0.25) is 9.52 Å². The first kappa shape index (κ1) is 22.5. The van der Waals surface area contributed by atoms with Gasteiger partial charge in [0, 0.05) is 22.6 Å². The standard InChI is InChI=1S/C18H19F3N2O5S/c1-11-7-15(12(2)23(11)10-18(19,20)21)16(24)9-28-17(25)13-5-4-6-14(8-13)22-29(3,26)27/h4-8,22H,9-10H2,1-3H3. The second-order valence-corrected chi connectivity index (χ2v) is 8.19. The predicted molar refractivity (Wildman–Crippen MR) is 99.5 cm³/mol. The van der Waals surface area contributed by atoms with E-state index in [9.17, 15) is 31.2 Å². The van der Waals surface area contributed by atoms with Gasteiger partial charge in [-0.1, -0.05) is 6.07 Å². The van der Waals surface area contributed by atoms with Gasteiger partial charge in [-0.15, -0.1) is 0 Å². The van der Waals surface area contributed by atoms with Gasteiger partial charge in [-0.2, -0.15) is 13.2 Å². The zero-order chi connectivity index (χ0) is 22.0. The number of esters is 1. The number of benzene rings is 1. The summed E-state index contributed by atoms with van der Waals surface area (Å²) >= 11 is 0. The molecule has 2 rings (SSSR count). The number of anilines is 1. The number of hydrogen-bond donors (Lipinski definition) is 1. The SMILES string of the molecule is Cc1cc(C(=O)COC(=O)c2cccc(NS(C)(=O)=O)c2)c(C)n1CC(F)(F)F. The number of aromatic nitrogens is 1. The van der Waals surface area contributed by atoms with Crippen LogP contribution < -0.4 is 4.72 Å². The van der Waals surface area contributed by atoms with E-state index in [2.05, 4.69) is 4.72 Å². The maximum absolute atomic E-state index is 12.7. The summed E-state index contributed by atoms with van der Waals surface area (Å²) in [5.41, 5.74) is 0.569.